The largest absolute Gasteiger partial charge is 0.465 e. The van der Waals surface area contributed by atoms with Crippen molar-refractivity contribution in [3.05, 3.63) is 34.9 Å². The molecule has 0 aromatic heterocycles. The molecule has 0 saturated heterocycles. The van der Waals surface area contributed by atoms with Crippen molar-refractivity contribution in [2.45, 2.75) is 12.3 Å². The third kappa shape index (κ3) is 2.63. The minimum atomic E-state index is -0.771. The van der Waals surface area contributed by atoms with Gasteiger partial charge < -0.3 is 4.74 Å². The van der Waals surface area contributed by atoms with Gasteiger partial charge in [0, 0.05) is 5.56 Å². The van der Waals surface area contributed by atoms with Gasteiger partial charge in [-0.3, -0.25) is 4.79 Å². The molecule has 1 aromatic rings. The van der Waals surface area contributed by atoms with E-state index in [1.54, 1.807) is 0 Å². The van der Waals surface area contributed by atoms with Crippen LogP contribution < -0.4 is 0 Å². The zero-order valence-corrected chi connectivity index (χ0v) is 10.1. The Labute approximate surface area is 104 Å². The summed E-state index contributed by atoms with van der Waals surface area (Å²) >= 11 is 5.69. The molecule has 0 fully saturated rings. The van der Waals surface area contributed by atoms with Crippen molar-refractivity contribution in [2.24, 2.45) is 0 Å². The topological polar surface area (TPSA) is 67.2 Å². The molecule has 0 N–H and O–H groups in total. The molecule has 0 aliphatic carbocycles. The van der Waals surface area contributed by atoms with E-state index in [1.807, 2.05) is 6.07 Å². The first kappa shape index (κ1) is 13.2. The van der Waals surface area contributed by atoms with Crippen LogP contribution in [0.5, 0.6) is 0 Å². The van der Waals surface area contributed by atoms with E-state index in [1.165, 1.54) is 32.2 Å². The fourth-order valence-corrected chi connectivity index (χ4v) is 1.50. The van der Waals surface area contributed by atoms with Crippen molar-refractivity contribution in [2.75, 3.05) is 7.11 Å². The fourth-order valence-electron chi connectivity index (χ4n) is 1.39. The van der Waals surface area contributed by atoms with Crippen LogP contribution in [0, 0.1) is 11.3 Å². The van der Waals surface area contributed by atoms with E-state index in [-0.39, 0.29) is 16.7 Å². The number of halogens is 1. The van der Waals surface area contributed by atoms with E-state index in [2.05, 4.69) is 4.74 Å². The molecule has 1 aromatic carbocycles. The second-order valence-corrected chi connectivity index (χ2v) is 3.97. The molecule has 0 amide bonds. The summed E-state index contributed by atoms with van der Waals surface area (Å²) in [5.41, 5.74) is 0.174. The van der Waals surface area contributed by atoms with E-state index in [4.69, 9.17) is 16.9 Å². The summed E-state index contributed by atoms with van der Waals surface area (Å²) < 4.78 is 4.56. The van der Waals surface area contributed by atoms with Crippen LogP contribution in [0.4, 0.5) is 0 Å². The second-order valence-electron chi connectivity index (χ2n) is 3.31. The number of hydrogen-bond donors (Lipinski definition) is 0. The number of nitrogens with zero attached hydrogens (tertiary/aromatic N) is 1. The molecule has 1 unspecified atom stereocenters. The smallest absolute Gasteiger partial charge is 0.339 e. The summed E-state index contributed by atoms with van der Waals surface area (Å²) in [6.45, 7) is 1.50. The minimum absolute atomic E-state index is 0.0324. The van der Waals surface area contributed by atoms with Gasteiger partial charge in [0.05, 0.1) is 23.6 Å². The molecule has 1 atom stereocenters. The Hall–Kier alpha value is -1.86. The van der Waals surface area contributed by atoms with Gasteiger partial charge in [-0.05, 0) is 13.0 Å². The Balaban J connectivity index is 3.46. The van der Waals surface area contributed by atoms with Gasteiger partial charge in [-0.2, -0.15) is 5.26 Å². The van der Waals surface area contributed by atoms with Crippen LogP contribution in [-0.4, -0.2) is 24.2 Å². The molecule has 0 spiro atoms. The molecule has 0 bridgehead atoms. The van der Waals surface area contributed by atoms with Crippen LogP contribution >= 0.6 is 11.6 Å². The lowest BCUT2D eigenvalue weighted by molar-refractivity contribution is 0.0596. The fraction of sp³-hybridized carbons (Fsp3) is 0.250. The summed E-state index contributed by atoms with van der Waals surface area (Å²) in [4.78, 5) is 23.4. The van der Waals surface area contributed by atoms with E-state index in [0.29, 0.717) is 0 Å². The number of hydrogen-bond acceptors (Lipinski definition) is 4. The van der Waals surface area contributed by atoms with E-state index >= 15 is 0 Å². The van der Waals surface area contributed by atoms with Gasteiger partial charge in [0.2, 0.25) is 0 Å². The summed E-state index contributed by atoms with van der Waals surface area (Å²) in [6, 6.07) is 6.27. The van der Waals surface area contributed by atoms with Crippen molar-refractivity contribution < 1.29 is 14.3 Å². The predicted molar refractivity (Wildman–Crippen MR) is 62.1 cm³/mol. The highest BCUT2D eigenvalue weighted by Gasteiger charge is 2.23. The predicted octanol–water partition coefficient (Wildman–Crippen LogP) is 2.15. The van der Waals surface area contributed by atoms with Crippen molar-refractivity contribution in [3.8, 4) is 6.07 Å². The van der Waals surface area contributed by atoms with E-state index in [0.717, 1.165) is 0 Å². The summed E-state index contributed by atoms with van der Waals surface area (Å²) in [5.74, 6) is -1.13. The molecule has 0 radical (unpaired) electrons. The Morgan fingerprint density at radius 3 is 2.59 bits per heavy atom. The van der Waals surface area contributed by atoms with Gasteiger partial charge in [0.15, 0.2) is 5.78 Å². The lowest BCUT2D eigenvalue weighted by atomic mass is 9.97. The monoisotopic (exact) mass is 251 g/mol. The molecular formula is C12H10ClNO3. The number of methoxy groups -OCH3 is 1. The number of esters is 1. The first-order chi connectivity index (χ1) is 8.02. The highest BCUT2D eigenvalue weighted by atomic mass is 35.5. The van der Waals surface area contributed by atoms with Crippen LogP contribution in [0.15, 0.2) is 18.2 Å². The van der Waals surface area contributed by atoms with Crippen molar-refractivity contribution >= 4 is 23.4 Å². The molecule has 0 aliphatic heterocycles. The standard InChI is InChI=1S/C12H10ClNO3/c1-7(13)11(15)9-5-3-4-8(6-14)10(9)12(16)17-2/h3-5,7H,1-2H3. The van der Waals surface area contributed by atoms with Crippen molar-refractivity contribution in [1.82, 2.24) is 0 Å². The number of ether oxygens (including phenoxy) is 1. The number of rotatable bonds is 3. The van der Waals surface area contributed by atoms with Gasteiger partial charge >= 0.3 is 5.97 Å². The second kappa shape index (κ2) is 5.46. The molecular weight excluding hydrogens is 242 g/mol. The summed E-state index contributed by atoms with van der Waals surface area (Å²) in [5, 5.41) is 8.13. The third-order valence-electron chi connectivity index (χ3n) is 2.20. The molecule has 0 saturated carbocycles. The molecule has 88 valence electrons. The van der Waals surface area contributed by atoms with E-state index in [9.17, 15) is 9.59 Å². The number of Topliss-reactive ketones (excluding diaryl/α,β-unsaturated/α-hetero) is 1. The van der Waals surface area contributed by atoms with Gasteiger partial charge in [-0.25, -0.2) is 4.79 Å². The molecule has 0 aliphatic rings. The Morgan fingerprint density at radius 2 is 2.12 bits per heavy atom. The Bertz CT molecular complexity index is 503. The first-order valence-corrected chi connectivity index (χ1v) is 5.26. The summed E-state index contributed by atoms with van der Waals surface area (Å²) in [7, 11) is 1.19. The molecule has 1 rings (SSSR count). The van der Waals surface area contributed by atoms with Gasteiger partial charge in [-0.1, -0.05) is 12.1 Å². The van der Waals surface area contributed by atoms with Crippen LogP contribution in [0.1, 0.15) is 33.2 Å². The average molecular weight is 252 g/mol. The van der Waals surface area contributed by atoms with E-state index < -0.39 is 17.1 Å². The lowest BCUT2D eigenvalue weighted by Gasteiger charge is -2.09. The van der Waals surface area contributed by atoms with Crippen LogP contribution in [0.2, 0.25) is 0 Å². The lowest BCUT2D eigenvalue weighted by Crippen LogP contribution is -2.17. The third-order valence-corrected chi connectivity index (χ3v) is 2.40. The number of carbonyl (C=O) groups is 2. The number of alkyl halides is 1. The van der Waals surface area contributed by atoms with Crippen molar-refractivity contribution in [3.63, 3.8) is 0 Å². The van der Waals surface area contributed by atoms with Gasteiger partial charge in [0.1, 0.15) is 6.07 Å². The van der Waals surface area contributed by atoms with Crippen LogP contribution in [0.3, 0.4) is 0 Å². The number of carbonyl (C=O) groups excluding carboxylic acids is 2. The zero-order chi connectivity index (χ0) is 13.0. The Morgan fingerprint density at radius 1 is 1.47 bits per heavy atom. The first-order valence-electron chi connectivity index (χ1n) is 4.82. The average Bonchev–Trinajstić information content (AvgIpc) is 2.35. The SMILES string of the molecule is COC(=O)c1c(C#N)cccc1C(=O)C(C)Cl. The number of benzene rings is 1. The molecule has 4 nitrogen and oxygen atoms in total. The highest BCUT2D eigenvalue weighted by Crippen LogP contribution is 2.18. The van der Waals surface area contributed by atoms with Crippen LogP contribution in [-0.2, 0) is 4.74 Å². The van der Waals surface area contributed by atoms with Crippen molar-refractivity contribution in [1.29, 1.82) is 5.26 Å². The normalized spacial score (nSPS) is 11.4. The number of ketones is 1. The maximum atomic E-state index is 11.8. The zero-order valence-electron chi connectivity index (χ0n) is 9.36. The maximum absolute atomic E-state index is 11.8. The molecule has 17 heavy (non-hydrogen) atoms. The minimum Gasteiger partial charge on any atom is -0.465 e. The summed E-state index contributed by atoms with van der Waals surface area (Å²) in [6.07, 6.45) is 0. The highest BCUT2D eigenvalue weighted by molar-refractivity contribution is 6.34. The molecule has 5 heteroatoms. The van der Waals surface area contributed by atoms with Gasteiger partial charge in [0.25, 0.3) is 0 Å². The molecule has 0 heterocycles. The Kier molecular flexibility index (Phi) is 4.24. The van der Waals surface area contributed by atoms with Crippen LogP contribution in [0.25, 0.3) is 0 Å². The maximum Gasteiger partial charge on any atom is 0.339 e. The quantitative estimate of drug-likeness (QED) is 0.469. The number of nitriles is 1. The van der Waals surface area contributed by atoms with Gasteiger partial charge in [-0.15, -0.1) is 11.6 Å².